The third-order valence-corrected chi connectivity index (χ3v) is 8.64. The van der Waals surface area contributed by atoms with Gasteiger partial charge in [-0.1, -0.05) is 63.1 Å². The standard InChI is InChI=1S/C29H41N5O3S/c1-4-10-23(27(35)31-20-13-8-9-14-20)34(22-16-15-18(2)17-19(22)3)29(37)26-24(30)25(33-38-26)28(36)32-21-11-6-5-7-12-21/h15-17,20-21,23H,4-14,30H2,1-3H3,(H,31,35)(H,32,36). The molecule has 4 N–H and O–H groups in total. The van der Waals surface area contributed by atoms with Crippen molar-refractivity contribution < 1.29 is 14.4 Å². The van der Waals surface area contributed by atoms with E-state index in [4.69, 9.17) is 5.73 Å². The van der Waals surface area contributed by atoms with E-state index in [2.05, 4.69) is 15.0 Å². The zero-order chi connectivity index (χ0) is 27.2. The van der Waals surface area contributed by atoms with Crippen molar-refractivity contribution in [2.45, 2.75) is 110 Å². The molecule has 1 aromatic heterocycles. The number of nitrogens with two attached hydrogens (primary N) is 1. The Bertz CT molecular complexity index is 1150. The molecule has 8 nitrogen and oxygen atoms in total. The molecule has 38 heavy (non-hydrogen) atoms. The molecule has 0 spiro atoms. The Labute approximate surface area is 229 Å². The summed E-state index contributed by atoms with van der Waals surface area (Å²) in [6, 6.07) is 5.39. The van der Waals surface area contributed by atoms with Crippen molar-refractivity contribution in [2.24, 2.45) is 0 Å². The van der Waals surface area contributed by atoms with Crippen molar-refractivity contribution in [3.63, 3.8) is 0 Å². The van der Waals surface area contributed by atoms with Crippen molar-refractivity contribution in [3.8, 4) is 0 Å². The van der Waals surface area contributed by atoms with Gasteiger partial charge in [-0.3, -0.25) is 19.3 Å². The summed E-state index contributed by atoms with van der Waals surface area (Å²) in [5.41, 5.74) is 9.21. The minimum Gasteiger partial charge on any atom is -0.395 e. The van der Waals surface area contributed by atoms with Gasteiger partial charge in [0.05, 0.1) is 5.69 Å². The summed E-state index contributed by atoms with van der Waals surface area (Å²) in [5.74, 6) is -0.888. The number of carbonyl (C=O) groups is 3. The summed E-state index contributed by atoms with van der Waals surface area (Å²) in [5, 5.41) is 6.24. The van der Waals surface area contributed by atoms with Crippen molar-refractivity contribution in [1.29, 1.82) is 0 Å². The lowest BCUT2D eigenvalue weighted by atomic mass is 9.95. The van der Waals surface area contributed by atoms with E-state index < -0.39 is 11.9 Å². The molecule has 9 heteroatoms. The van der Waals surface area contributed by atoms with Gasteiger partial charge in [-0.05, 0) is 69.1 Å². The average Bonchev–Trinajstić information content (AvgIpc) is 3.54. The highest BCUT2D eigenvalue weighted by molar-refractivity contribution is 7.09. The number of hydrogen-bond donors (Lipinski definition) is 3. The maximum atomic E-state index is 14.2. The second-order valence-electron chi connectivity index (χ2n) is 10.8. The van der Waals surface area contributed by atoms with Gasteiger partial charge in [-0.25, -0.2) is 0 Å². The molecule has 3 amide bonds. The molecule has 0 radical (unpaired) electrons. The van der Waals surface area contributed by atoms with Crippen LogP contribution in [0.2, 0.25) is 0 Å². The Hall–Kier alpha value is -2.94. The predicted molar refractivity (Wildman–Crippen MR) is 153 cm³/mol. The molecule has 2 saturated carbocycles. The van der Waals surface area contributed by atoms with Gasteiger partial charge in [0.2, 0.25) is 5.91 Å². The monoisotopic (exact) mass is 539 g/mol. The van der Waals surface area contributed by atoms with Gasteiger partial charge < -0.3 is 16.4 Å². The number of nitrogen functional groups attached to an aromatic ring is 1. The first-order valence-electron chi connectivity index (χ1n) is 14.1. The van der Waals surface area contributed by atoms with Gasteiger partial charge in [0.25, 0.3) is 11.8 Å². The zero-order valence-electron chi connectivity index (χ0n) is 22.8. The van der Waals surface area contributed by atoms with Gasteiger partial charge in [-0.2, -0.15) is 4.37 Å². The molecule has 1 aromatic carbocycles. The SMILES string of the molecule is CCCC(C(=O)NC1CCCC1)N(C(=O)c1snc(C(=O)NC2CCCCC2)c1N)c1ccc(C)cc1C. The Morgan fingerprint density at radius 3 is 2.29 bits per heavy atom. The first-order chi connectivity index (χ1) is 18.3. The first-order valence-corrected chi connectivity index (χ1v) is 14.8. The molecule has 0 aliphatic heterocycles. The molecule has 1 atom stereocenters. The van der Waals surface area contributed by atoms with Crippen molar-refractivity contribution in [3.05, 3.63) is 39.9 Å². The lowest BCUT2D eigenvalue weighted by Crippen LogP contribution is -2.52. The lowest BCUT2D eigenvalue weighted by Gasteiger charge is -2.33. The molecule has 1 heterocycles. The van der Waals surface area contributed by atoms with E-state index in [1.165, 1.54) is 6.42 Å². The van der Waals surface area contributed by atoms with Crippen LogP contribution in [0.5, 0.6) is 0 Å². The number of amides is 3. The lowest BCUT2D eigenvalue weighted by molar-refractivity contribution is -0.123. The second-order valence-corrected chi connectivity index (χ2v) is 11.6. The zero-order valence-corrected chi connectivity index (χ0v) is 23.7. The number of aromatic nitrogens is 1. The number of nitrogens with one attached hydrogen (secondary N) is 2. The highest BCUT2D eigenvalue weighted by Crippen LogP contribution is 2.32. The minimum absolute atomic E-state index is 0.0783. The van der Waals surface area contributed by atoms with Crippen LogP contribution in [0.4, 0.5) is 11.4 Å². The maximum Gasteiger partial charge on any atom is 0.273 e. The molecule has 2 aliphatic carbocycles. The molecule has 2 fully saturated rings. The quantitative estimate of drug-likeness (QED) is 0.401. The van der Waals surface area contributed by atoms with Crippen LogP contribution < -0.4 is 21.3 Å². The number of benzene rings is 1. The molecule has 2 aliphatic rings. The van der Waals surface area contributed by atoms with Crippen LogP contribution >= 0.6 is 11.5 Å². The van der Waals surface area contributed by atoms with Crippen LogP contribution in [-0.4, -0.2) is 40.2 Å². The minimum atomic E-state index is -0.699. The normalized spacial score (nSPS) is 17.2. The summed E-state index contributed by atoms with van der Waals surface area (Å²) in [6.45, 7) is 5.95. The molecule has 0 bridgehead atoms. The van der Waals surface area contributed by atoms with E-state index in [0.29, 0.717) is 12.1 Å². The summed E-state index contributed by atoms with van der Waals surface area (Å²) in [4.78, 5) is 42.6. The van der Waals surface area contributed by atoms with E-state index >= 15 is 0 Å². The van der Waals surface area contributed by atoms with E-state index in [1.807, 2.05) is 39.0 Å². The van der Waals surface area contributed by atoms with Crippen molar-refractivity contribution in [1.82, 2.24) is 15.0 Å². The highest BCUT2D eigenvalue weighted by atomic mass is 32.1. The Balaban J connectivity index is 1.66. The van der Waals surface area contributed by atoms with Crippen LogP contribution in [0.3, 0.4) is 0 Å². The molecule has 206 valence electrons. The third kappa shape index (κ3) is 6.37. The maximum absolute atomic E-state index is 14.2. The fraction of sp³-hybridized carbons (Fsp3) is 0.586. The van der Waals surface area contributed by atoms with E-state index in [9.17, 15) is 14.4 Å². The molecule has 0 saturated heterocycles. The predicted octanol–water partition coefficient (Wildman–Crippen LogP) is 5.28. The van der Waals surface area contributed by atoms with Crippen LogP contribution in [0.25, 0.3) is 0 Å². The number of rotatable bonds is 9. The van der Waals surface area contributed by atoms with Crippen LogP contribution in [0.1, 0.15) is 109 Å². The van der Waals surface area contributed by atoms with Crippen molar-refractivity contribution >= 4 is 40.6 Å². The van der Waals surface area contributed by atoms with E-state index in [0.717, 1.165) is 80.4 Å². The fourth-order valence-electron chi connectivity index (χ4n) is 5.74. The Morgan fingerprint density at radius 2 is 1.66 bits per heavy atom. The number of carbonyl (C=O) groups excluding carboxylic acids is 3. The summed E-state index contributed by atoms with van der Waals surface area (Å²) < 4.78 is 4.30. The summed E-state index contributed by atoms with van der Waals surface area (Å²) >= 11 is 0.928. The molecule has 2 aromatic rings. The smallest absolute Gasteiger partial charge is 0.273 e. The van der Waals surface area contributed by atoms with Gasteiger partial charge in [0, 0.05) is 17.8 Å². The van der Waals surface area contributed by atoms with Crippen LogP contribution in [0.15, 0.2) is 18.2 Å². The largest absolute Gasteiger partial charge is 0.395 e. The average molecular weight is 540 g/mol. The van der Waals surface area contributed by atoms with Gasteiger partial charge >= 0.3 is 0 Å². The van der Waals surface area contributed by atoms with Crippen LogP contribution in [-0.2, 0) is 4.79 Å². The van der Waals surface area contributed by atoms with E-state index in [-0.39, 0.29) is 40.2 Å². The number of anilines is 2. The van der Waals surface area contributed by atoms with Gasteiger partial charge in [0.1, 0.15) is 10.9 Å². The Morgan fingerprint density at radius 1 is 1.03 bits per heavy atom. The molecule has 4 rings (SSSR count). The number of hydrogen-bond acceptors (Lipinski definition) is 6. The topological polar surface area (TPSA) is 117 Å². The molecule has 1 unspecified atom stereocenters. The second kappa shape index (κ2) is 12.7. The summed E-state index contributed by atoms with van der Waals surface area (Å²) in [7, 11) is 0. The number of aryl methyl sites for hydroxylation is 2. The third-order valence-electron chi connectivity index (χ3n) is 7.79. The van der Waals surface area contributed by atoms with Crippen LogP contribution in [0, 0.1) is 13.8 Å². The summed E-state index contributed by atoms with van der Waals surface area (Å²) in [6.07, 6.45) is 10.6. The molecular weight excluding hydrogens is 498 g/mol. The highest BCUT2D eigenvalue weighted by Gasteiger charge is 2.36. The Kier molecular flexibility index (Phi) is 9.41. The molecular formula is C29H41N5O3S. The van der Waals surface area contributed by atoms with Gasteiger partial charge in [-0.15, -0.1) is 0 Å². The van der Waals surface area contributed by atoms with Gasteiger partial charge in [0.15, 0.2) is 5.69 Å². The number of nitrogens with zero attached hydrogens (tertiary/aromatic N) is 2. The van der Waals surface area contributed by atoms with Crippen molar-refractivity contribution in [2.75, 3.05) is 10.6 Å². The first kappa shape index (κ1) is 28.1. The van der Waals surface area contributed by atoms with E-state index in [1.54, 1.807) is 4.90 Å². The fourth-order valence-corrected chi connectivity index (χ4v) is 6.47.